The van der Waals surface area contributed by atoms with E-state index < -0.39 is 0 Å². The minimum Gasteiger partial charge on any atom is -0.383 e. The van der Waals surface area contributed by atoms with Crippen molar-refractivity contribution >= 4 is 16.5 Å². The fourth-order valence-electron chi connectivity index (χ4n) is 1.38. The third-order valence-corrected chi connectivity index (χ3v) is 3.28. The third kappa shape index (κ3) is 5.43. The molecule has 1 rings (SSSR count). The summed E-state index contributed by atoms with van der Waals surface area (Å²) < 4.78 is 5.08. The Labute approximate surface area is 107 Å². The van der Waals surface area contributed by atoms with Gasteiger partial charge in [0.25, 0.3) is 0 Å². The van der Waals surface area contributed by atoms with Gasteiger partial charge in [0, 0.05) is 20.2 Å². The molecule has 98 valence electrons. The number of nitrogens with zero attached hydrogens (tertiary/aromatic N) is 3. The molecule has 1 aromatic rings. The molecule has 0 spiro atoms. The van der Waals surface area contributed by atoms with E-state index in [0.29, 0.717) is 0 Å². The predicted octanol–water partition coefficient (Wildman–Crippen LogP) is 1.83. The van der Waals surface area contributed by atoms with Crippen LogP contribution in [0.4, 0.5) is 5.13 Å². The number of rotatable bonds is 9. The molecule has 0 aliphatic carbocycles. The Morgan fingerprint density at radius 3 is 2.82 bits per heavy atom. The highest BCUT2D eigenvalue weighted by atomic mass is 32.1. The van der Waals surface area contributed by atoms with Crippen LogP contribution in [-0.2, 0) is 11.3 Å². The van der Waals surface area contributed by atoms with Crippen LogP contribution in [0.5, 0.6) is 0 Å². The van der Waals surface area contributed by atoms with Gasteiger partial charge in [0.1, 0.15) is 5.01 Å². The van der Waals surface area contributed by atoms with Gasteiger partial charge in [-0.3, -0.25) is 4.90 Å². The van der Waals surface area contributed by atoms with E-state index in [2.05, 4.69) is 34.3 Å². The van der Waals surface area contributed by atoms with Crippen molar-refractivity contribution in [3.05, 3.63) is 5.01 Å². The van der Waals surface area contributed by atoms with Crippen molar-refractivity contribution in [2.45, 2.75) is 26.8 Å². The first-order valence-electron chi connectivity index (χ1n) is 6.07. The fourth-order valence-corrected chi connectivity index (χ4v) is 2.19. The van der Waals surface area contributed by atoms with E-state index in [4.69, 9.17) is 4.74 Å². The minimum atomic E-state index is 0.758. The van der Waals surface area contributed by atoms with Crippen molar-refractivity contribution in [1.82, 2.24) is 15.1 Å². The van der Waals surface area contributed by atoms with Gasteiger partial charge in [-0.25, -0.2) is 0 Å². The topological polar surface area (TPSA) is 50.3 Å². The second kappa shape index (κ2) is 8.38. The van der Waals surface area contributed by atoms with Crippen LogP contribution in [0.25, 0.3) is 0 Å². The summed E-state index contributed by atoms with van der Waals surface area (Å²) in [6.07, 6.45) is 1.10. The molecule has 1 N–H and O–H groups in total. The molecule has 0 unspecified atom stereocenters. The minimum absolute atomic E-state index is 0.758. The van der Waals surface area contributed by atoms with Crippen LogP contribution in [-0.4, -0.2) is 48.4 Å². The molecule has 1 heterocycles. The lowest BCUT2D eigenvalue weighted by atomic mass is 10.5. The first-order valence-corrected chi connectivity index (χ1v) is 6.89. The van der Waals surface area contributed by atoms with Gasteiger partial charge in [-0.1, -0.05) is 25.2 Å². The fraction of sp³-hybridized carbons (Fsp3) is 0.818. The van der Waals surface area contributed by atoms with Gasteiger partial charge in [0.15, 0.2) is 0 Å². The highest BCUT2D eigenvalue weighted by Gasteiger charge is 2.08. The Morgan fingerprint density at radius 1 is 1.35 bits per heavy atom. The van der Waals surface area contributed by atoms with Crippen LogP contribution in [0.1, 0.15) is 25.3 Å². The Morgan fingerprint density at radius 2 is 2.18 bits per heavy atom. The maximum Gasteiger partial charge on any atom is 0.205 e. The van der Waals surface area contributed by atoms with Crippen molar-refractivity contribution in [3.63, 3.8) is 0 Å². The largest absolute Gasteiger partial charge is 0.383 e. The van der Waals surface area contributed by atoms with Crippen molar-refractivity contribution in [1.29, 1.82) is 0 Å². The Balaban J connectivity index is 2.40. The first kappa shape index (κ1) is 14.3. The molecular formula is C11H22N4OS. The van der Waals surface area contributed by atoms with E-state index in [9.17, 15) is 0 Å². The molecule has 0 radical (unpaired) electrons. The molecule has 0 saturated carbocycles. The number of hydrogen-bond acceptors (Lipinski definition) is 6. The maximum atomic E-state index is 5.08. The number of aromatic nitrogens is 2. The summed E-state index contributed by atoms with van der Waals surface area (Å²) >= 11 is 1.63. The lowest BCUT2D eigenvalue weighted by molar-refractivity contribution is 0.147. The molecule has 6 heteroatoms. The number of hydrogen-bond donors (Lipinski definition) is 1. The van der Waals surface area contributed by atoms with Crippen molar-refractivity contribution in [2.24, 2.45) is 0 Å². The van der Waals surface area contributed by atoms with Crippen LogP contribution in [0.2, 0.25) is 0 Å². The second-order valence-electron chi connectivity index (χ2n) is 3.79. The van der Waals surface area contributed by atoms with Crippen LogP contribution in [0.15, 0.2) is 0 Å². The van der Waals surface area contributed by atoms with Gasteiger partial charge in [0.05, 0.1) is 13.2 Å². The molecule has 0 aliphatic heterocycles. The molecule has 0 aromatic carbocycles. The van der Waals surface area contributed by atoms with E-state index in [1.807, 2.05) is 0 Å². The summed E-state index contributed by atoms with van der Waals surface area (Å²) in [6.45, 7) is 8.78. The van der Waals surface area contributed by atoms with Gasteiger partial charge >= 0.3 is 0 Å². The maximum absolute atomic E-state index is 5.08. The van der Waals surface area contributed by atoms with Crippen molar-refractivity contribution < 1.29 is 4.74 Å². The molecule has 0 saturated heterocycles. The van der Waals surface area contributed by atoms with Gasteiger partial charge in [-0.05, 0) is 13.0 Å². The predicted molar refractivity (Wildman–Crippen MR) is 71.5 cm³/mol. The molecule has 0 amide bonds. The quantitative estimate of drug-likeness (QED) is 0.732. The normalized spacial score (nSPS) is 11.1. The molecule has 0 aliphatic rings. The molecule has 0 bridgehead atoms. The summed E-state index contributed by atoms with van der Waals surface area (Å²) in [5, 5.41) is 13.5. The monoisotopic (exact) mass is 258 g/mol. The number of nitrogens with one attached hydrogen (secondary N) is 1. The number of ether oxygens (including phenoxy) is 1. The zero-order valence-corrected chi connectivity index (χ0v) is 11.7. The zero-order chi connectivity index (χ0) is 12.5. The molecule has 0 fully saturated rings. The van der Waals surface area contributed by atoms with Gasteiger partial charge in [-0.2, -0.15) is 0 Å². The van der Waals surface area contributed by atoms with E-state index in [1.54, 1.807) is 18.4 Å². The summed E-state index contributed by atoms with van der Waals surface area (Å²) in [5.41, 5.74) is 0. The molecule has 0 atom stereocenters. The lowest BCUT2D eigenvalue weighted by Crippen LogP contribution is -2.26. The Kier molecular flexibility index (Phi) is 7.07. The van der Waals surface area contributed by atoms with E-state index >= 15 is 0 Å². The highest BCUT2D eigenvalue weighted by molar-refractivity contribution is 7.15. The van der Waals surface area contributed by atoms with E-state index in [-0.39, 0.29) is 0 Å². The summed E-state index contributed by atoms with van der Waals surface area (Å²) in [6, 6.07) is 0. The summed E-state index contributed by atoms with van der Waals surface area (Å²) in [7, 11) is 1.73. The Bertz CT molecular complexity index is 305. The SMILES string of the molecule is CCCNc1nnc(CN(CC)CCOC)s1. The van der Waals surface area contributed by atoms with Crippen LogP contribution >= 0.6 is 11.3 Å². The first-order chi connectivity index (χ1) is 8.30. The average Bonchev–Trinajstić information content (AvgIpc) is 2.79. The second-order valence-corrected chi connectivity index (χ2v) is 4.85. The average molecular weight is 258 g/mol. The van der Waals surface area contributed by atoms with Gasteiger partial charge in [0.2, 0.25) is 5.13 Å². The zero-order valence-electron chi connectivity index (χ0n) is 10.9. The van der Waals surface area contributed by atoms with E-state index in [1.165, 1.54) is 0 Å². The standard InChI is InChI=1S/C11H22N4OS/c1-4-6-12-11-14-13-10(17-11)9-15(5-2)7-8-16-3/h4-9H2,1-3H3,(H,12,14). The molecule has 17 heavy (non-hydrogen) atoms. The summed E-state index contributed by atoms with van der Waals surface area (Å²) in [5.74, 6) is 0. The Hall–Kier alpha value is -0.720. The smallest absolute Gasteiger partial charge is 0.205 e. The van der Waals surface area contributed by atoms with Crippen molar-refractivity contribution in [3.8, 4) is 0 Å². The molecular weight excluding hydrogens is 236 g/mol. The lowest BCUT2D eigenvalue weighted by Gasteiger charge is -2.17. The van der Waals surface area contributed by atoms with Crippen LogP contribution in [0, 0.1) is 0 Å². The van der Waals surface area contributed by atoms with Crippen molar-refractivity contribution in [2.75, 3.05) is 38.7 Å². The van der Waals surface area contributed by atoms with E-state index in [0.717, 1.165) is 49.3 Å². The molecule has 1 aromatic heterocycles. The van der Waals surface area contributed by atoms with Gasteiger partial charge < -0.3 is 10.1 Å². The number of methoxy groups -OCH3 is 1. The third-order valence-electron chi connectivity index (χ3n) is 2.41. The highest BCUT2D eigenvalue weighted by Crippen LogP contribution is 2.16. The number of likely N-dealkylation sites (N-methyl/N-ethyl adjacent to an activating group) is 1. The summed E-state index contributed by atoms with van der Waals surface area (Å²) in [4.78, 5) is 2.30. The van der Waals surface area contributed by atoms with Crippen LogP contribution in [0.3, 0.4) is 0 Å². The number of anilines is 1. The van der Waals surface area contributed by atoms with Gasteiger partial charge in [-0.15, -0.1) is 10.2 Å². The van der Waals surface area contributed by atoms with Crippen LogP contribution < -0.4 is 5.32 Å². The molecule has 5 nitrogen and oxygen atoms in total.